The Morgan fingerprint density at radius 3 is 2.88 bits per heavy atom. The highest BCUT2D eigenvalue weighted by atomic mass is 32.2. The number of ketones is 1. The van der Waals surface area contributed by atoms with Gasteiger partial charge in [0.15, 0.2) is 11.5 Å². The smallest absolute Gasteiger partial charge is 0.227 e. The van der Waals surface area contributed by atoms with Crippen LogP contribution in [0.15, 0.2) is 35.1 Å². The number of nitrogens with one attached hydrogen (secondary N) is 1. The van der Waals surface area contributed by atoms with E-state index < -0.39 is 0 Å². The summed E-state index contributed by atoms with van der Waals surface area (Å²) in [6, 6.07) is 5.38. The number of hydrogen-bond donors (Lipinski definition) is 1. The van der Waals surface area contributed by atoms with Gasteiger partial charge in [0.1, 0.15) is 5.78 Å². The summed E-state index contributed by atoms with van der Waals surface area (Å²) < 4.78 is 12.9. The maximum Gasteiger partial charge on any atom is 0.227 e. The van der Waals surface area contributed by atoms with Gasteiger partial charge in [-0.05, 0) is 18.7 Å². The number of carbonyl (C=O) groups excluding carboxylic acids is 1. The lowest BCUT2D eigenvalue weighted by molar-refractivity contribution is -0.123. The molecule has 1 aromatic carbocycles. The van der Waals surface area contributed by atoms with Crippen molar-refractivity contribution in [2.75, 3.05) is 25.8 Å². The Bertz CT molecular complexity index is 893. The Morgan fingerprint density at radius 2 is 2.15 bits per heavy atom. The first-order valence-electron chi connectivity index (χ1n) is 8.39. The van der Waals surface area contributed by atoms with Gasteiger partial charge in [-0.25, -0.2) is 4.68 Å². The summed E-state index contributed by atoms with van der Waals surface area (Å²) in [5.74, 6) is 1.74. The monoisotopic (exact) mass is 372 g/mol. The first kappa shape index (κ1) is 17.0. The fourth-order valence-corrected chi connectivity index (χ4v) is 4.04. The standard InChI is InChI=1S/C18H20N4O3S/c1-24-13-9-4-6-10(16(13)25-2)15-14-11(7-5-8-12(14)23)19-17-20-18(26-3)21-22(15)17/h4,6-7,9,14-15H,5,8H2,1-3H3,(H,19,20,21)/t14-,15-/m0/s1. The molecule has 0 bridgehead atoms. The van der Waals surface area contributed by atoms with Crippen molar-refractivity contribution < 1.29 is 14.3 Å². The number of allylic oxidation sites excluding steroid dienone is 2. The number of Topliss-reactive ketones (excluding diaryl/α,β-unsaturated/α-hetero) is 1. The molecule has 26 heavy (non-hydrogen) atoms. The second-order valence-electron chi connectivity index (χ2n) is 6.16. The number of fused-ring (bicyclic) bond motifs is 2. The van der Waals surface area contributed by atoms with E-state index in [0.29, 0.717) is 29.0 Å². The van der Waals surface area contributed by atoms with Crippen LogP contribution in [0.1, 0.15) is 24.4 Å². The number of para-hydroxylation sites is 1. The fraction of sp³-hybridized carbons (Fsp3) is 0.389. The van der Waals surface area contributed by atoms with Crippen molar-refractivity contribution >= 4 is 23.5 Å². The zero-order valence-electron chi connectivity index (χ0n) is 14.9. The summed E-state index contributed by atoms with van der Waals surface area (Å²) in [6.45, 7) is 0. The quantitative estimate of drug-likeness (QED) is 0.827. The number of methoxy groups -OCH3 is 2. The van der Waals surface area contributed by atoms with Gasteiger partial charge in [-0.3, -0.25) is 4.79 Å². The van der Waals surface area contributed by atoms with Gasteiger partial charge >= 0.3 is 0 Å². The number of ether oxygens (including phenoxy) is 2. The van der Waals surface area contributed by atoms with Crippen LogP contribution in [-0.4, -0.2) is 41.0 Å². The third kappa shape index (κ3) is 2.56. The number of aromatic nitrogens is 3. The second-order valence-corrected chi connectivity index (χ2v) is 6.93. The van der Waals surface area contributed by atoms with Gasteiger partial charge in [-0.1, -0.05) is 30.0 Å². The number of rotatable bonds is 4. The maximum absolute atomic E-state index is 12.8. The van der Waals surface area contributed by atoms with Gasteiger partial charge in [0.05, 0.1) is 26.2 Å². The number of anilines is 1. The number of thioether (sulfide) groups is 1. The van der Waals surface area contributed by atoms with E-state index in [9.17, 15) is 4.79 Å². The fourth-order valence-electron chi connectivity index (χ4n) is 3.70. The summed E-state index contributed by atoms with van der Waals surface area (Å²) in [7, 11) is 3.21. The van der Waals surface area contributed by atoms with Gasteiger partial charge in [-0.2, -0.15) is 4.98 Å². The minimum atomic E-state index is -0.339. The van der Waals surface area contributed by atoms with Crippen LogP contribution in [0.5, 0.6) is 11.5 Å². The molecule has 4 rings (SSSR count). The van der Waals surface area contributed by atoms with E-state index in [1.807, 2.05) is 24.5 Å². The maximum atomic E-state index is 12.8. The second kappa shape index (κ2) is 6.68. The molecule has 0 saturated heterocycles. The van der Waals surface area contributed by atoms with Crippen molar-refractivity contribution in [3.8, 4) is 11.5 Å². The van der Waals surface area contributed by atoms with Gasteiger partial charge in [0.25, 0.3) is 0 Å². The summed E-state index contributed by atoms with van der Waals surface area (Å²) in [6.07, 6.45) is 5.28. The van der Waals surface area contributed by atoms with Crippen LogP contribution in [0.25, 0.3) is 0 Å². The molecule has 8 heteroatoms. The molecule has 1 aromatic heterocycles. The van der Waals surface area contributed by atoms with Gasteiger partial charge in [0, 0.05) is 17.7 Å². The Morgan fingerprint density at radius 1 is 1.31 bits per heavy atom. The van der Waals surface area contributed by atoms with E-state index >= 15 is 0 Å². The number of carbonyl (C=O) groups is 1. The zero-order valence-corrected chi connectivity index (χ0v) is 15.7. The lowest BCUT2D eigenvalue weighted by Crippen LogP contribution is -2.39. The van der Waals surface area contributed by atoms with Gasteiger partial charge in [0.2, 0.25) is 11.1 Å². The van der Waals surface area contributed by atoms with E-state index in [1.165, 1.54) is 11.8 Å². The van der Waals surface area contributed by atoms with Crippen LogP contribution < -0.4 is 14.8 Å². The molecule has 1 aliphatic heterocycles. The molecule has 7 nitrogen and oxygen atoms in total. The molecule has 0 saturated carbocycles. The Hall–Kier alpha value is -2.48. The van der Waals surface area contributed by atoms with Gasteiger partial charge in [-0.15, -0.1) is 5.10 Å². The van der Waals surface area contributed by atoms with Crippen LogP contribution in [0.2, 0.25) is 0 Å². The molecule has 2 aromatic rings. The highest BCUT2D eigenvalue weighted by molar-refractivity contribution is 7.98. The molecule has 2 atom stereocenters. The molecule has 2 aliphatic rings. The van der Waals surface area contributed by atoms with E-state index in [0.717, 1.165) is 17.7 Å². The van der Waals surface area contributed by atoms with Crippen LogP contribution in [0.3, 0.4) is 0 Å². The molecule has 2 heterocycles. The molecule has 136 valence electrons. The highest BCUT2D eigenvalue weighted by Gasteiger charge is 2.43. The summed E-state index contributed by atoms with van der Waals surface area (Å²) in [4.78, 5) is 17.4. The van der Waals surface area contributed by atoms with E-state index in [4.69, 9.17) is 9.47 Å². The van der Waals surface area contributed by atoms with Crippen LogP contribution in [-0.2, 0) is 4.79 Å². The Balaban J connectivity index is 1.95. The van der Waals surface area contributed by atoms with Crippen molar-refractivity contribution in [3.63, 3.8) is 0 Å². The van der Waals surface area contributed by atoms with Crippen molar-refractivity contribution in [2.45, 2.75) is 24.0 Å². The predicted molar refractivity (Wildman–Crippen MR) is 98.9 cm³/mol. The predicted octanol–water partition coefficient (Wildman–Crippen LogP) is 2.90. The minimum Gasteiger partial charge on any atom is -0.493 e. The highest BCUT2D eigenvalue weighted by Crippen LogP contribution is 2.46. The zero-order chi connectivity index (χ0) is 18.3. The molecule has 1 N–H and O–H groups in total. The summed E-state index contributed by atoms with van der Waals surface area (Å²) in [5.41, 5.74) is 1.75. The third-order valence-corrected chi connectivity index (χ3v) is 5.36. The molecule has 0 unspecified atom stereocenters. The van der Waals surface area contributed by atoms with Crippen molar-refractivity contribution in [2.24, 2.45) is 5.92 Å². The summed E-state index contributed by atoms with van der Waals surface area (Å²) >= 11 is 1.47. The lowest BCUT2D eigenvalue weighted by Gasteiger charge is -2.36. The largest absolute Gasteiger partial charge is 0.493 e. The molecule has 1 aliphatic carbocycles. The number of benzene rings is 1. The normalized spacial score (nSPS) is 21.3. The van der Waals surface area contributed by atoms with Crippen LogP contribution in [0.4, 0.5) is 5.95 Å². The van der Waals surface area contributed by atoms with Gasteiger partial charge < -0.3 is 14.8 Å². The molecular weight excluding hydrogens is 352 g/mol. The summed E-state index contributed by atoms with van der Waals surface area (Å²) in [5, 5.41) is 8.57. The lowest BCUT2D eigenvalue weighted by atomic mass is 9.80. The van der Waals surface area contributed by atoms with Crippen molar-refractivity contribution in [1.82, 2.24) is 14.8 Å². The van der Waals surface area contributed by atoms with E-state index in [2.05, 4.69) is 21.5 Å². The first-order valence-corrected chi connectivity index (χ1v) is 9.61. The molecule has 0 fully saturated rings. The van der Waals surface area contributed by atoms with E-state index in [-0.39, 0.29) is 17.7 Å². The Labute approximate surface area is 155 Å². The number of hydrogen-bond acceptors (Lipinski definition) is 7. The molecule has 0 amide bonds. The Kier molecular flexibility index (Phi) is 4.36. The average molecular weight is 372 g/mol. The molecular formula is C18H20N4O3S. The van der Waals surface area contributed by atoms with Crippen LogP contribution >= 0.6 is 11.8 Å². The number of nitrogens with zero attached hydrogens (tertiary/aromatic N) is 3. The van der Waals surface area contributed by atoms with Crippen molar-refractivity contribution in [3.05, 3.63) is 35.5 Å². The average Bonchev–Trinajstić information content (AvgIpc) is 3.08. The third-order valence-electron chi connectivity index (χ3n) is 4.82. The van der Waals surface area contributed by atoms with Crippen molar-refractivity contribution in [1.29, 1.82) is 0 Å². The SMILES string of the molecule is COc1cccc([C@H]2[C@@H]3C(=O)CCC=C3Nc3nc(SC)nn32)c1OC. The molecule has 0 spiro atoms. The van der Waals surface area contributed by atoms with E-state index in [1.54, 1.807) is 18.9 Å². The minimum absolute atomic E-state index is 0.191. The van der Waals surface area contributed by atoms with Crippen LogP contribution in [0, 0.1) is 5.92 Å². The first-order chi connectivity index (χ1) is 12.7. The topological polar surface area (TPSA) is 78.3 Å². The molecule has 0 radical (unpaired) electrons.